The molecular formula is C15H22N2O2S. The molecule has 110 valence electrons. The predicted octanol–water partition coefficient (Wildman–Crippen LogP) is 2.08. The molecule has 1 aromatic carbocycles. The van der Waals surface area contributed by atoms with Gasteiger partial charge in [0.25, 0.3) is 0 Å². The van der Waals surface area contributed by atoms with Crippen LogP contribution in [0.15, 0.2) is 29.2 Å². The lowest BCUT2D eigenvalue weighted by Crippen LogP contribution is -2.43. The molecule has 0 bridgehead atoms. The lowest BCUT2D eigenvalue weighted by atomic mass is 10.2. The average Bonchev–Trinajstić information content (AvgIpc) is 2.97. The summed E-state index contributed by atoms with van der Waals surface area (Å²) in [7, 11) is 0. The maximum Gasteiger partial charge on any atom is 0.233 e. The number of carbonyl (C=O) groups is 1. The first-order chi connectivity index (χ1) is 9.70. The number of hydrogen-bond donors (Lipinski definition) is 2. The Labute approximate surface area is 124 Å². The normalized spacial score (nSPS) is 18.1. The zero-order valence-electron chi connectivity index (χ0n) is 11.8. The molecule has 0 aliphatic carbocycles. The summed E-state index contributed by atoms with van der Waals surface area (Å²) in [5.74, 6) is 0.922. The molecule has 1 aliphatic heterocycles. The Morgan fingerprint density at radius 3 is 2.80 bits per heavy atom. The molecule has 1 aliphatic rings. The predicted molar refractivity (Wildman–Crippen MR) is 82.1 cm³/mol. The first-order valence-corrected chi connectivity index (χ1v) is 8.11. The van der Waals surface area contributed by atoms with Gasteiger partial charge in [-0.15, -0.1) is 11.8 Å². The quantitative estimate of drug-likeness (QED) is 0.789. The van der Waals surface area contributed by atoms with Gasteiger partial charge in [0.2, 0.25) is 5.91 Å². The molecular weight excluding hydrogens is 272 g/mol. The largest absolute Gasteiger partial charge is 0.508 e. The van der Waals surface area contributed by atoms with Crippen molar-refractivity contribution >= 4 is 17.7 Å². The summed E-state index contributed by atoms with van der Waals surface area (Å²) in [6.45, 7) is 4.86. The number of benzene rings is 1. The topological polar surface area (TPSA) is 52.6 Å². The van der Waals surface area contributed by atoms with E-state index in [9.17, 15) is 9.90 Å². The molecule has 2 N–H and O–H groups in total. The molecule has 1 saturated heterocycles. The Balaban J connectivity index is 1.89. The SMILES string of the molecule is CCCN(C(=O)CSc1ccc(O)cc1)C1CCNC1. The van der Waals surface area contributed by atoms with Crippen molar-refractivity contribution in [2.45, 2.75) is 30.7 Å². The van der Waals surface area contributed by atoms with Gasteiger partial charge in [0.05, 0.1) is 5.75 Å². The lowest BCUT2D eigenvalue weighted by molar-refractivity contribution is -0.130. The highest BCUT2D eigenvalue weighted by atomic mass is 32.2. The van der Waals surface area contributed by atoms with Gasteiger partial charge >= 0.3 is 0 Å². The number of rotatable bonds is 6. The van der Waals surface area contributed by atoms with Crippen LogP contribution in [0.5, 0.6) is 5.75 Å². The summed E-state index contributed by atoms with van der Waals surface area (Å²) in [4.78, 5) is 15.4. The van der Waals surface area contributed by atoms with E-state index in [0.717, 1.165) is 37.4 Å². The maximum absolute atomic E-state index is 12.4. The Kier molecular flexibility index (Phi) is 5.73. The number of hydrogen-bond acceptors (Lipinski definition) is 4. The van der Waals surface area contributed by atoms with Gasteiger partial charge in [-0.1, -0.05) is 6.92 Å². The maximum atomic E-state index is 12.4. The molecule has 0 aromatic heterocycles. The van der Waals surface area contributed by atoms with E-state index in [4.69, 9.17) is 0 Å². The van der Waals surface area contributed by atoms with Crippen LogP contribution in [0, 0.1) is 0 Å². The van der Waals surface area contributed by atoms with E-state index in [0.29, 0.717) is 11.8 Å². The van der Waals surface area contributed by atoms with Crippen molar-refractivity contribution in [1.82, 2.24) is 10.2 Å². The molecule has 0 radical (unpaired) electrons. The van der Waals surface area contributed by atoms with E-state index in [2.05, 4.69) is 12.2 Å². The smallest absolute Gasteiger partial charge is 0.233 e. The minimum atomic E-state index is 0.207. The second-order valence-electron chi connectivity index (χ2n) is 5.02. The van der Waals surface area contributed by atoms with Crippen LogP contribution >= 0.6 is 11.8 Å². The van der Waals surface area contributed by atoms with Crippen LogP contribution < -0.4 is 5.32 Å². The van der Waals surface area contributed by atoms with Gasteiger partial charge in [0, 0.05) is 24.0 Å². The number of thioether (sulfide) groups is 1. The Morgan fingerprint density at radius 1 is 1.45 bits per heavy atom. The Morgan fingerprint density at radius 2 is 2.20 bits per heavy atom. The van der Waals surface area contributed by atoms with Crippen LogP contribution in [0.25, 0.3) is 0 Å². The zero-order chi connectivity index (χ0) is 14.4. The van der Waals surface area contributed by atoms with Gasteiger partial charge in [0.1, 0.15) is 5.75 Å². The van der Waals surface area contributed by atoms with Crippen LogP contribution in [0.4, 0.5) is 0 Å². The minimum Gasteiger partial charge on any atom is -0.508 e. The van der Waals surface area contributed by atoms with Gasteiger partial charge < -0.3 is 15.3 Å². The first-order valence-electron chi connectivity index (χ1n) is 7.12. The molecule has 1 unspecified atom stereocenters. The second-order valence-corrected chi connectivity index (χ2v) is 6.07. The number of carbonyl (C=O) groups excluding carboxylic acids is 1. The van der Waals surface area contributed by atoms with E-state index in [-0.39, 0.29) is 11.7 Å². The molecule has 2 rings (SSSR count). The van der Waals surface area contributed by atoms with Crippen molar-refractivity contribution in [3.05, 3.63) is 24.3 Å². The first kappa shape index (κ1) is 15.2. The van der Waals surface area contributed by atoms with E-state index in [1.807, 2.05) is 17.0 Å². The number of phenols is 1. The summed E-state index contributed by atoms with van der Waals surface area (Å²) < 4.78 is 0. The summed E-state index contributed by atoms with van der Waals surface area (Å²) in [6.07, 6.45) is 2.04. The molecule has 5 heteroatoms. The van der Waals surface area contributed by atoms with Gasteiger partial charge in [-0.05, 0) is 43.7 Å². The van der Waals surface area contributed by atoms with E-state index in [1.165, 1.54) is 11.8 Å². The van der Waals surface area contributed by atoms with Crippen molar-refractivity contribution in [1.29, 1.82) is 0 Å². The second kappa shape index (κ2) is 7.55. The molecule has 4 nitrogen and oxygen atoms in total. The molecule has 1 fully saturated rings. The van der Waals surface area contributed by atoms with E-state index >= 15 is 0 Å². The number of nitrogens with zero attached hydrogens (tertiary/aromatic N) is 1. The van der Waals surface area contributed by atoms with Crippen molar-refractivity contribution < 1.29 is 9.90 Å². The fraction of sp³-hybridized carbons (Fsp3) is 0.533. The molecule has 1 atom stereocenters. The molecule has 1 heterocycles. The summed E-state index contributed by atoms with van der Waals surface area (Å²) in [5, 5.41) is 12.6. The summed E-state index contributed by atoms with van der Waals surface area (Å²) >= 11 is 1.53. The van der Waals surface area contributed by atoms with Crippen molar-refractivity contribution in [3.63, 3.8) is 0 Å². The van der Waals surface area contributed by atoms with Crippen molar-refractivity contribution in [2.75, 3.05) is 25.4 Å². The lowest BCUT2D eigenvalue weighted by Gasteiger charge is -2.28. The minimum absolute atomic E-state index is 0.207. The highest BCUT2D eigenvalue weighted by Gasteiger charge is 2.25. The Hall–Kier alpha value is -1.20. The molecule has 20 heavy (non-hydrogen) atoms. The van der Waals surface area contributed by atoms with Gasteiger partial charge in [-0.2, -0.15) is 0 Å². The fourth-order valence-corrected chi connectivity index (χ4v) is 3.21. The molecule has 0 saturated carbocycles. The molecule has 1 aromatic rings. The van der Waals surface area contributed by atoms with Crippen LogP contribution in [-0.4, -0.2) is 47.3 Å². The van der Waals surface area contributed by atoms with Crippen molar-refractivity contribution in [3.8, 4) is 5.75 Å². The third kappa shape index (κ3) is 4.15. The fourth-order valence-electron chi connectivity index (χ4n) is 2.43. The summed E-state index contributed by atoms with van der Waals surface area (Å²) in [6, 6.07) is 7.33. The number of nitrogens with one attached hydrogen (secondary N) is 1. The zero-order valence-corrected chi connectivity index (χ0v) is 12.7. The highest BCUT2D eigenvalue weighted by Crippen LogP contribution is 2.22. The monoisotopic (exact) mass is 294 g/mol. The highest BCUT2D eigenvalue weighted by molar-refractivity contribution is 8.00. The van der Waals surface area contributed by atoms with Gasteiger partial charge in [-0.3, -0.25) is 4.79 Å². The van der Waals surface area contributed by atoms with E-state index in [1.54, 1.807) is 12.1 Å². The summed E-state index contributed by atoms with van der Waals surface area (Å²) in [5.41, 5.74) is 0. The average molecular weight is 294 g/mol. The number of aromatic hydroxyl groups is 1. The number of phenolic OH excluding ortho intramolecular Hbond substituents is 1. The van der Waals surface area contributed by atoms with Crippen LogP contribution in [0.1, 0.15) is 19.8 Å². The third-order valence-corrected chi connectivity index (χ3v) is 4.46. The van der Waals surface area contributed by atoms with E-state index < -0.39 is 0 Å². The Bertz CT molecular complexity index is 430. The van der Waals surface area contributed by atoms with Crippen molar-refractivity contribution in [2.24, 2.45) is 0 Å². The molecule has 0 spiro atoms. The van der Waals surface area contributed by atoms with Gasteiger partial charge in [-0.25, -0.2) is 0 Å². The third-order valence-electron chi connectivity index (χ3n) is 3.46. The van der Waals surface area contributed by atoms with Crippen LogP contribution in [0.2, 0.25) is 0 Å². The van der Waals surface area contributed by atoms with Gasteiger partial charge in [0.15, 0.2) is 0 Å². The number of amides is 1. The van der Waals surface area contributed by atoms with Crippen LogP contribution in [0.3, 0.4) is 0 Å². The molecule has 1 amide bonds. The standard InChI is InChI=1S/C15H22N2O2S/c1-2-9-17(12-7-8-16-10-12)15(19)11-20-14-5-3-13(18)4-6-14/h3-6,12,16,18H,2,7-11H2,1H3. The van der Waals surface area contributed by atoms with Crippen LogP contribution in [-0.2, 0) is 4.79 Å².